The van der Waals surface area contributed by atoms with Crippen molar-refractivity contribution in [2.45, 2.75) is 32.5 Å². The third-order valence-corrected chi connectivity index (χ3v) is 3.61. The van der Waals surface area contributed by atoms with Gasteiger partial charge in [0.25, 0.3) is 5.91 Å². The summed E-state index contributed by atoms with van der Waals surface area (Å²) in [7, 11) is 0. The van der Waals surface area contributed by atoms with Gasteiger partial charge in [-0.2, -0.15) is 18.3 Å². The number of aromatic nitrogens is 2. The minimum Gasteiger partial charge on any atom is -0.481 e. The van der Waals surface area contributed by atoms with Crippen molar-refractivity contribution in [3.8, 4) is 0 Å². The second kappa shape index (κ2) is 6.77. The molecule has 1 amide bonds. The Hall–Kier alpha value is -1.77. The Balaban J connectivity index is 0.00000264. The summed E-state index contributed by atoms with van der Waals surface area (Å²) < 4.78 is 40.4. The summed E-state index contributed by atoms with van der Waals surface area (Å²) in [4.78, 5) is 24.3. The molecule has 1 unspecified atom stereocenters. The first-order valence-electron chi connectivity index (χ1n) is 6.79. The third kappa shape index (κ3) is 3.77. The van der Waals surface area contributed by atoms with Gasteiger partial charge in [0.15, 0.2) is 5.69 Å². The Labute approximate surface area is 136 Å². The Morgan fingerprint density at radius 3 is 2.43 bits per heavy atom. The minimum absolute atomic E-state index is 0. The molecule has 23 heavy (non-hydrogen) atoms. The topological polar surface area (TPSA) is 75.4 Å². The number of nitrogens with zero attached hydrogens (tertiary/aromatic N) is 3. The normalized spacial score (nSPS) is 18.2. The van der Waals surface area contributed by atoms with Crippen molar-refractivity contribution in [1.29, 1.82) is 0 Å². The number of likely N-dealkylation sites (tertiary alicyclic amines) is 1. The summed E-state index contributed by atoms with van der Waals surface area (Å²) in [6.07, 6.45) is -3.57. The number of halogens is 4. The van der Waals surface area contributed by atoms with Crippen LogP contribution in [0, 0.1) is 5.92 Å². The van der Waals surface area contributed by atoms with Crippen LogP contribution in [-0.4, -0.2) is 44.8 Å². The molecule has 6 nitrogen and oxygen atoms in total. The highest BCUT2D eigenvalue weighted by Crippen LogP contribution is 2.34. The first-order chi connectivity index (χ1) is 10.1. The lowest BCUT2D eigenvalue weighted by atomic mass is 10.1. The maximum atomic E-state index is 13.2. The summed E-state index contributed by atoms with van der Waals surface area (Å²) >= 11 is 0. The zero-order valence-corrected chi connectivity index (χ0v) is 13.3. The minimum atomic E-state index is -4.71. The highest BCUT2D eigenvalue weighted by Gasteiger charge is 2.42. The lowest BCUT2D eigenvalue weighted by Crippen LogP contribution is -2.31. The fraction of sp³-hybridized carbons (Fsp3) is 0.615. The first kappa shape index (κ1) is 19.3. The maximum absolute atomic E-state index is 13.2. The van der Waals surface area contributed by atoms with Gasteiger partial charge in [-0.05, 0) is 20.3 Å². The van der Waals surface area contributed by atoms with Crippen molar-refractivity contribution in [1.82, 2.24) is 14.7 Å². The van der Waals surface area contributed by atoms with Gasteiger partial charge >= 0.3 is 12.1 Å². The maximum Gasteiger partial charge on any atom is 0.433 e. The molecule has 2 rings (SSSR count). The SMILES string of the molecule is CC(C)n1ncc(C(=O)N2CCC(C(=O)O)C2)c1C(F)(F)F.Cl. The molecule has 0 saturated carbocycles. The summed E-state index contributed by atoms with van der Waals surface area (Å²) in [6.45, 7) is 3.11. The number of carboxylic acids is 1. The lowest BCUT2D eigenvalue weighted by Gasteiger charge is -2.18. The highest BCUT2D eigenvalue weighted by molar-refractivity contribution is 5.96. The molecule has 0 aromatic carbocycles. The van der Waals surface area contributed by atoms with Crippen molar-refractivity contribution in [3.05, 3.63) is 17.5 Å². The smallest absolute Gasteiger partial charge is 0.433 e. The fourth-order valence-electron chi connectivity index (χ4n) is 2.51. The Morgan fingerprint density at radius 1 is 1.39 bits per heavy atom. The third-order valence-electron chi connectivity index (χ3n) is 3.61. The van der Waals surface area contributed by atoms with Crippen molar-refractivity contribution in [2.75, 3.05) is 13.1 Å². The van der Waals surface area contributed by atoms with Gasteiger partial charge in [-0.3, -0.25) is 14.3 Å². The number of aliphatic carboxylic acids is 1. The second-order valence-corrected chi connectivity index (χ2v) is 5.52. The van der Waals surface area contributed by atoms with Crippen LogP contribution in [0.4, 0.5) is 13.2 Å². The largest absolute Gasteiger partial charge is 0.481 e. The number of hydrogen-bond acceptors (Lipinski definition) is 3. The van der Waals surface area contributed by atoms with E-state index in [0.29, 0.717) is 0 Å². The molecule has 0 aliphatic carbocycles. The van der Waals surface area contributed by atoms with Crippen LogP contribution in [0.15, 0.2) is 6.20 Å². The highest BCUT2D eigenvalue weighted by atomic mass is 35.5. The van der Waals surface area contributed by atoms with Crippen LogP contribution in [0.5, 0.6) is 0 Å². The standard InChI is InChI=1S/C13H16F3N3O3.ClH/c1-7(2)19-10(13(14,15)16)9(5-17-19)11(20)18-4-3-8(6-18)12(21)22;/h5,7-8H,3-4,6H2,1-2H3,(H,21,22);1H. The van der Waals surface area contributed by atoms with Crippen molar-refractivity contribution in [2.24, 2.45) is 5.92 Å². The van der Waals surface area contributed by atoms with Gasteiger partial charge < -0.3 is 10.0 Å². The number of amides is 1. The predicted molar refractivity (Wildman–Crippen MR) is 76.5 cm³/mol. The zero-order chi connectivity index (χ0) is 16.7. The van der Waals surface area contributed by atoms with E-state index in [1.807, 2.05) is 0 Å². The molecule has 1 aliphatic heterocycles. The molecule has 1 atom stereocenters. The second-order valence-electron chi connectivity index (χ2n) is 5.52. The number of carboxylic acid groups (broad SMARTS) is 1. The van der Waals surface area contributed by atoms with E-state index in [4.69, 9.17) is 5.11 Å². The Morgan fingerprint density at radius 2 is 2.00 bits per heavy atom. The van der Waals surface area contributed by atoms with Crippen LogP contribution in [-0.2, 0) is 11.0 Å². The van der Waals surface area contributed by atoms with E-state index in [1.54, 1.807) is 0 Å². The van der Waals surface area contributed by atoms with E-state index in [2.05, 4.69) is 5.10 Å². The summed E-state index contributed by atoms with van der Waals surface area (Å²) in [5.74, 6) is -2.62. The summed E-state index contributed by atoms with van der Waals surface area (Å²) in [5.41, 5.74) is -1.63. The van der Waals surface area contributed by atoms with Crippen LogP contribution < -0.4 is 0 Å². The van der Waals surface area contributed by atoms with Gasteiger partial charge in [-0.25, -0.2) is 0 Å². The Bertz CT molecular complexity index is 601. The molecule has 1 aromatic rings. The van der Waals surface area contributed by atoms with Crippen molar-refractivity contribution in [3.63, 3.8) is 0 Å². The molecule has 0 radical (unpaired) electrons. The van der Waals surface area contributed by atoms with Gasteiger partial charge in [-0.15, -0.1) is 12.4 Å². The van der Waals surface area contributed by atoms with Gasteiger partial charge in [0.05, 0.1) is 17.7 Å². The molecule has 0 spiro atoms. The lowest BCUT2D eigenvalue weighted by molar-refractivity contribution is -0.145. The molecule has 10 heteroatoms. The molecule has 1 aromatic heterocycles. The average Bonchev–Trinajstić information content (AvgIpc) is 3.04. The van der Waals surface area contributed by atoms with Crippen LogP contribution in [0.3, 0.4) is 0 Å². The molecule has 0 bridgehead atoms. The number of carbonyl (C=O) groups is 2. The van der Waals surface area contributed by atoms with E-state index >= 15 is 0 Å². The van der Waals surface area contributed by atoms with Crippen molar-refractivity contribution >= 4 is 24.3 Å². The molecule has 1 fully saturated rings. The van der Waals surface area contributed by atoms with Crippen LogP contribution in [0.1, 0.15) is 42.4 Å². The number of hydrogen-bond donors (Lipinski definition) is 1. The van der Waals surface area contributed by atoms with Crippen LogP contribution >= 0.6 is 12.4 Å². The predicted octanol–water partition coefficient (Wildman–Crippen LogP) is 2.45. The molecule has 130 valence electrons. The molecule has 1 saturated heterocycles. The monoisotopic (exact) mass is 355 g/mol. The van der Waals surface area contributed by atoms with Gasteiger partial charge in [0.1, 0.15) is 0 Å². The molecular weight excluding hydrogens is 339 g/mol. The van der Waals surface area contributed by atoms with Gasteiger partial charge in [-0.1, -0.05) is 0 Å². The van der Waals surface area contributed by atoms with E-state index in [0.717, 1.165) is 15.8 Å². The first-order valence-corrected chi connectivity index (χ1v) is 6.79. The fourth-order valence-corrected chi connectivity index (χ4v) is 2.51. The number of carbonyl (C=O) groups excluding carboxylic acids is 1. The molecule has 1 N–H and O–H groups in total. The molecular formula is C13H17ClF3N3O3. The van der Waals surface area contributed by atoms with Gasteiger partial charge in [0.2, 0.25) is 0 Å². The van der Waals surface area contributed by atoms with Gasteiger partial charge in [0, 0.05) is 19.1 Å². The number of rotatable bonds is 3. The zero-order valence-electron chi connectivity index (χ0n) is 12.5. The quantitative estimate of drug-likeness (QED) is 0.903. The summed E-state index contributed by atoms with van der Waals surface area (Å²) in [5, 5.41) is 12.6. The molecule has 2 heterocycles. The molecule has 1 aliphatic rings. The Kier molecular flexibility index (Phi) is 5.68. The average molecular weight is 356 g/mol. The van der Waals surface area contributed by atoms with E-state index in [1.165, 1.54) is 13.8 Å². The van der Waals surface area contributed by atoms with Crippen LogP contribution in [0.25, 0.3) is 0 Å². The van der Waals surface area contributed by atoms with E-state index in [-0.39, 0.29) is 31.9 Å². The van der Waals surface area contributed by atoms with Crippen LogP contribution in [0.2, 0.25) is 0 Å². The summed E-state index contributed by atoms with van der Waals surface area (Å²) in [6, 6.07) is -0.552. The van der Waals surface area contributed by atoms with Crippen molar-refractivity contribution < 1.29 is 27.9 Å². The van der Waals surface area contributed by atoms with E-state index < -0.39 is 41.3 Å². The van der Waals surface area contributed by atoms with E-state index in [9.17, 15) is 22.8 Å². The number of alkyl halides is 3.